The molecular formula is C23H26N4O. The molecule has 0 aliphatic carbocycles. The van der Waals surface area contributed by atoms with Crippen molar-refractivity contribution >= 4 is 28.2 Å². The van der Waals surface area contributed by atoms with Gasteiger partial charge in [0, 0.05) is 49.1 Å². The maximum absolute atomic E-state index is 12.8. The summed E-state index contributed by atoms with van der Waals surface area (Å²) in [6.45, 7) is 9.72. The van der Waals surface area contributed by atoms with Gasteiger partial charge in [-0.1, -0.05) is 25.1 Å². The Morgan fingerprint density at radius 1 is 1.07 bits per heavy atom. The van der Waals surface area contributed by atoms with Gasteiger partial charge in [0.1, 0.15) is 0 Å². The molecule has 1 saturated heterocycles. The molecule has 5 heteroatoms. The molecule has 0 atom stereocenters. The van der Waals surface area contributed by atoms with Crippen molar-refractivity contribution in [2.45, 2.75) is 13.8 Å². The standard InChI is InChI=1S/C23H26N4O/c1-3-26-12-14-27(15-13-26)21-10-9-19(16-17(21)2)25-23(28)20-8-4-6-18-7-5-11-24-22(18)20/h4-11,16H,3,12-15H2,1-2H3,(H,25,28). The molecule has 0 radical (unpaired) electrons. The highest BCUT2D eigenvalue weighted by Gasteiger charge is 2.18. The van der Waals surface area contributed by atoms with Crippen LogP contribution in [-0.2, 0) is 0 Å². The number of fused-ring (bicyclic) bond motifs is 1. The lowest BCUT2D eigenvalue weighted by Crippen LogP contribution is -2.46. The number of rotatable bonds is 4. The van der Waals surface area contributed by atoms with Crippen LogP contribution in [0.25, 0.3) is 10.9 Å². The van der Waals surface area contributed by atoms with Crippen molar-refractivity contribution in [2.75, 3.05) is 42.9 Å². The van der Waals surface area contributed by atoms with Crippen LogP contribution in [-0.4, -0.2) is 48.5 Å². The van der Waals surface area contributed by atoms with Crippen molar-refractivity contribution in [3.63, 3.8) is 0 Å². The van der Waals surface area contributed by atoms with Gasteiger partial charge in [-0.2, -0.15) is 0 Å². The van der Waals surface area contributed by atoms with E-state index in [4.69, 9.17) is 0 Å². The molecule has 1 aliphatic rings. The minimum atomic E-state index is -0.131. The first-order chi connectivity index (χ1) is 13.7. The molecule has 1 aliphatic heterocycles. The summed E-state index contributed by atoms with van der Waals surface area (Å²) in [7, 11) is 0. The van der Waals surface area contributed by atoms with Crippen molar-refractivity contribution < 1.29 is 4.79 Å². The summed E-state index contributed by atoms with van der Waals surface area (Å²) >= 11 is 0. The van der Waals surface area contributed by atoms with E-state index < -0.39 is 0 Å². The molecule has 1 N–H and O–H groups in total. The van der Waals surface area contributed by atoms with E-state index in [1.807, 2.05) is 36.4 Å². The van der Waals surface area contributed by atoms with Gasteiger partial charge >= 0.3 is 0 Å². The first-order valence-corrected chi connectivity index (χ1v) is 9.89. The van der Waals surface area contributed by atoms with Crippen LogP contribution in [0.3, 0.4) is 0 Å². The molecule has 0 saturated carbocycles. The molecule has 0 spiro atoms. The Hall–Kier alpha value is -2.92. The van der Waals surface area contributed by atoms with Crippen LogP contribution >= 0.6 is 0 Å². The molecule has 1 fully saturated rings. The minimum Gasteiger partial charge on any atom is -0.369 e. The second kappa shape index (κ2) is 7.98. The Bertz CT molecular complexity index is 988. The summed E-state index contributed by atoms with van der Waals surface area (Å²) in [5.41, 5.74) is 4.56. The van der Waals surface area contributed by atoms with Crippen LogP contribution in [0.4, 0.5) is 11.4 Å². The number of para-hydroxylation sites is 1. The molecule has 1 aromatic heterocycles. The third-order valence-electron chi connectivity index (χ3n) is 5.49. The zero-order chi connectivity index (χ0) is 19.5. The Kier molecular flexibility index (Phi) is 5.26. The predicted molar refractivity (Wildman–Crippen MR) is 115 cm³/mol. The normalized spacial score (nSPS) is 15.0. The number of pyridine rings is 1. The topological polar surface area (TPSA) is 48.5 Å². The number of aryl methyl sites for hydroxylation is 1. The fraction of sp³-hybridized carbons (Fsp3) is 0.304. The summed E-state index contributed by atoms with van der Waals surface area (Å²) < 4.78 is 0. The number of anilines is 2. The number of hydrogen-bond acceptors (Lipinski definition) is 4. The van der Waals surface area contributed by atoms with Crippen molar-refractivity contribution in [3.05, 3.63) is 65.9 Å². The molecule has 0 unspecified atom stereocenters. The van der Waals surface area contributed by atoms with Crippen LogP contribution in [0.15, 0.2) is 54.7 Å². The van der Waals surface area contributed by atoms with E-state index >= 15 is 0 Å². The predicted octanol–water partition coefficient (Wildman–Crippen LogP) is 3.94. The van der Waals surface area contributed by atoms with E-state index in [2.05, 4.69) is 46.1 Å². The monoisotopic (exact) mass is 374 g/mol. The number of amides is 1. The summed E-state index contributed by atoms with van der Waals surface area (Å²) in [4.78, 5) is 22.1. The van der Waals surface area contributed by atoms with Crippen LogP contribution in [0, 0.1) is 6.92 Å². The number of nitrogens with zero attached hydrogens (tertiary/aromatic N) is 3. The Labute approximate surface area is 166 Å². The zero-order valence-corrected chi connectivity index (χ0v) is 16.5. The lowest BCUT2D eigenvalue weighted by atomic mass is 10.1. The number of piperazine rings is 1. The fourth-order valence-electron chi connectivity index (χ4n) is 3.88. The molecule has 0 bridgehead atoms. The van der Waals surface area contributed by atoms with E-state index in [0.29, 0.717) is 5.56 Å². The first-order valence-electron chi connectivity index (χ1n) is 9.89. The van der Waals surface area contributed by atoms with E-state index in [-0.39, 0.29) is 5.91 Å². The Balaban J connectivity index is 1.51. The second-order valence-corrected chi connectivity index (χ2v) is 7.26. The lowest BCUT2D eigenvalue weighted by molar-refractivity contribution is 0.102. The average Bonchev–Trinajstić information content (AvgIpc) is 2.73. The number of carbonyl (C=O) groups is 1. The molecule has 4 rings (SSSR count). The zero-order valence-electron chi connectivity index (χ0n) is 16.5. The number of aromatic nitrogens is 1. The van der Waals surface area contributed by atoms with Crippen LogP contribution in [0.2, 0.25) is 0 Å². The highest BCUT2D eigenvalue weighted by molar-refractivity contribution is 6.11. The molecule has 5 nitrogen and oxygen atoms in total. The van der Waals surface area contributed by atoms with Gasteiger partial charge in [-0.25, -0.2) is 0 Å². The maximum atomic E-state index is 12.8. The van der Waals surface area contributed by atoms with Gasteiger partial charge in [0.05, 0.1) is 11.1 Å². The van der Waals surface area contributed by atoms with E-state index in [1.165, 1.54) is 11.3 Å². The van der Waals surface area contributed by atoms with Gasteiger partial charge in [-0.05, 0) is 49.4 Å². The van der Waals surface area contributed by atoms with Gasteiger partial charge in [0.2, 0.25) is 0 Å². The van der Waals surface area contributed by atoms with Crippen molar-refractivity contribution in [3.8, 4) is 0 Å². The van der Waals surface area contributed by atoms with Gasteiger partial charge in [0.15, 0.2) is 0 Å². The Morgan fingerprint density at radius 2 is 1.86 bits per heavy atom. The molecular weight excluding hydrogens is 348 g/mol. The summed E-state index contributed by atoms with van der Waals surface area (Å²) in [5, 5.41) is 4.00. The highest BCUT2D eigenvalue weighted by Crippen LogP contribution is 2.25. The van der Waals surface area contributed by atoms with Gasteiger partial charge in [-0.3, -0.25) is 9.78 Å². The molecule has 3 aromatic rings. The number of nitrogens with one attached hydrogen (secondary N) is 1. The number of benzene rings is 2. The van der Waals surface area contributed by atoms with Crippen molar-refractivity contribution in [1.82, 2.24) is 9.88 Å². The SMILES string of the molecule is CCN1CCN(c2ccc(NC(=O)c3cccc4cccnc34)cc2C)CC1. The number of carbonyl (C=O) groups excluding carboxylic acids is 1. The number of hydrogen-bond donors (Lipinski definition) is 1. The van der Waals surface area contributed by atoms with Crippen molar-refractivity contribution in [2.24, 2.45) is 0 Å². The van der Waals surface area contributed by atoms with Crippen molar-refractivity contribution in [1.29, 1.82) is 0 Å². The largest absolute Gasteiger partial charge is 0.369 e. The van der Waals surface area contributed by atoms with Crippen LogP contribution < -0.4 is 10.2 Å². The maximum Gasteiger partial charge on any atom is 0.257 e. The fourth-order valence-corrected chi connectivity index (χ4v) is 3.88. The molecule has 28 heavy (non-hydrogen) atoms. The first kappa shape index (κ1) is 18.4. The minimum absolute atomic E-state index is 0.131. The Morgan fingerprint density at radius 3 is 2.61 bits per heavy atom. The number of likely N-dealkylation sites (N-methyl/N-ethyl adjacent to an activating group) is 1. The van der Waals surface area contributed by atoms with Crippen LogP contribution in [0.5, 0.6) is 0 Å². The van der Waals surface area contributed by atoms with E-state index in [1.54, 1.807) is 6.20 Å². The molecule has 2 heterocycles. The third-order valence-corrected chi connectivity index (χ3v) is 5.49. The summed E-state index contributed by atoms with van der Waals surface area (Å²) in [5.74, 6) is -0.131. The van der Waals surface area contributed by atoms with Gasteiger partial charge in [-0.15, -0.1) is 0 Å². The summed E-state index contributed by atoms with van der Waals surface area (Å²) in [6.07, 6.45) is 1.72. The highest BCUT2D eigenvalue weighted by atomic mass is 16.1. The summed E-state index contributed by atoms with van der Waals surface area (Å²) in [6, 6.07) is 15.7. The quantitative estimate of drug-likeness (QED) is 0.752. The molecule has 144 valence electrons. The lowest BCUT2D eigenvalue weighted by Gasteiger charge is -2.36. The third kappa shape index (κ3) is 3.71. The molecule has 1 amide bonds. The van der Waals surface area contributed by atoms with E-state index in [0.717, 1.165) is 49.3 Å². The van der Waals surface area contributed by atoms with E-state index in [9.17, 15) is 4.79 Å². The van der Waals surface area contributed by atoms with Crippen LogP contribution in [0.1, 0.15) is 22.8 Å². The van der Waals surface area contributed by atoms with Gasteiger partial charge < -0.3 is 15.1 Å². The molecule has 2 aromatic carbocycles. The average molecular weight is 374 g/mol. The second-order valence-electron chi connectivity index (χ2n) is 7.26. The van der Waals surface area contributed by atoms with Gasteiger partial charge in [0.25, 0.3) is 5.91 Å². The smallest absolute Gasteiger partial charge is 0.257 e.